The summed E-state index contributed by atoms with van der Waals surface area (Å²) in [6, 6.07) is 0. The number of halogens is 1. The Hall–Kier alpha value is -0.540. The maximum absolute atomic E-state index is 6.72. The van der Waals surface area contributed by atoms with Gasteiger partial charge >= 0.3 is 0 Å². The Morgan fingerprint density at radius 1 is 1.42 bits per heavy atom. The highest BCUT2D eigenvalue weighted by atomic mass is 35.5. The Bertz CT molecular complexity index is 482. The monoisotopic (exact) mass is 281 g/mol. The largest absolute Gasteiger partial charge is 0.324 e. The predicted octanol–water partition coefficient (Wildman–Crippen LogP) is 3.18. The van der Waals surface area contributed by atoms with Gasteiger partial charge in [-0.2, -0.15) is 5.10 Å². The van der Waals surface area contributed by atoms with Crippen LogP contribution in [0.2, 0.25) is 5.02 Å². The molecule has 0 radical (unpaired) electrons. The zero-order valence-electron chi connectivity index (χ0n) is 12.0. The van der Waals surface area contributed by atoms with E-state index in [0.717, 1.165) is 41.7 Å². The van der Waals surface area contributed by atoms with Gasteiger partial charge in [-0.1, -0.05) is 24.9 Å². The van der Waals surface area contributed by atoms with Crippen molar-refractivity contribution in [2.24, 2.45) is 17.6 Å². The van der Waals surface area contributed by atoms with Crippen LogP contribution in [0.1, 0.15) is 50.9 Å². The zero-order chi connectivity index (χ0) is 13.6. The average Bonchev–Trinajstić information content (AvgIpc) is 3.04. The number of hydrogen-bond acceptors (Lipinski definition) is 2. The summed E-state index contributed by atoms with van der Waals surface area (Å²) in [6.07, 6.45) is 6.97. The van der Waals surface area contributed by atoms with Crippen molar-refractivity contribution in [3.8, 4) is 0 Å². The molecule has 0 amide bonds. The van der Waals surface area contributed by atoms with E-state index in [9.17, 15) is 0 Å². The second-order valence-corrected chi connectivity index (χ2v) is 6.74. The molecule has 0 spiro atoms. The molecule has 2 saturated carbocycles. The zero-order valence-corrected chi connectivity index (χ0v) is 12.7. The molecule has 0 saturated heterocycles. The van der Waals surface area contributed by atoms with Crippen LogP contribution in [-0.2, 0) is 19.4 Å². The summed E-state index contributed by atoms with van der Waals surface area (Å²) < 4.78 is 2.06. The third-order valence-electron chi connectivity index (χ3n) is 5.21. The molecule has 2 bridgehead atoms. The second kappa shape index (κ2) is 4.78. The van der Waals surface area contributed by atoms with Crippen LogP contribution in [0.15, 0.2) is 0 Å². The molecule has 2 fully saturated rings. The minimum Gasteiger partial charge on any atom is -0.324 e. The van der Waals surface area contributed by atoms with Gasteiger partial charge in [-0.3, -0.25) is 4.68 Å². The van der Waals surface area contributed by atoms with E-state index in [1.54, 1.807) is 0 Å². The number of nitrogens with two attached hydrogens (primary N) is 1. The minimum atomic E-state index is -0.0372. The summed E-state index contributed by atoms with van der Waals surface area (Å²) in [6.45, 7) is 5.10. The van der Waals surface area contributed by atoms with E-state index in [4.69, 9.17) is 17.3 Å². The Morgan fingerprint density at radius 2 is 2.21 bits per heavy atom. The van der Waals surface area contributed by atoms with Gasteiger partial charge in [0.05, 0.1) is 16.4 Å². The van der Waals surface area contributed by atoms with Crippen molar-refractivity contribution in [3.63, 3.8) is 0 Å². The van der Waals surface area contributed by atoms with Crippen LogP contribution in [-0.4, -0.2) is 15.3 Å². The molecular formula is C15H24ClN3. The molecule has 106 valence electrons. The van der Waals surface area contributed by atoms with Crippen molar-refractivity contribution in [2.45, 2.75) is 64.5 Å². The molecule has 4 heteroatoms. The summed E-state index contributed by atoms with van der Waals surface area (Å²) in [5, 5.41) is 5.47. The topological polar surface area (TPSA) is 43.8 Å². The molecule has 3 unspecified atom stereocenters. The molecule has 2 N–H and O–H groups in total. The first-order valence-corrected chi connectivity index (χ1v) is 7.98. The molecule has 3 atom stereocenters. The molecule has 1 aromatic heterocycles. The maximum Gasteiger partial charge on any atom is 0.0850 e. The van der Waals surface area contributed by atoms with E-state index < -0.39 is 0 Å². The highest BCUT2D eigenvalue weighted by Crippen LogP contribution is 2.51. The second-order valence-electron chi connectivity index (χ2n) is 6.37. The smallest absolute Gasteiger partial charge is 0.0850 e. The van der Waals surface area contributed by atoms with Crippen LogP contribution >= 0.6 is 11.6 Å². The van der Waals surface area contributed by atoms with Crippen molar-refractivity contribution in [1.29, 1.82) is 0 Å². The van der Waals surface area contributed by atoms with Crippen LogP contribution in [0.25, 0.3) is 0 Å². The van der Waals surface area contributed by atoms with Crippen LogP contribution in [0.5, 0.6) is 0 Å². The van der Waals surface area contributed by atoms with Gasteiger partial charge in [0.2, 0.25) is 0 Å². The van der Waals surface area contributed by atoms with E-state index >= 15 is 0 Å². The lowest BCUT2D eigenvalue weighted by Crippen LogP contribution is -2.47. The van der Waals surface area contributed by atoms with Gasteiger partial charge in [0.25, 0.3) is 0 Å². The van der Waals surface area contributed by atoms with Gasteiger partial charge in [-0.15, -0.1) is 0 Å². The third-order valence-corrected chi connectivity index (χ3v) is 5.65. The molecule has 0 aliphatic heterocycles. The molecule has 2 aliphatic carbocycles. The maximum atomic E-state index is 6.72. The van der Waals surface area contributed by atoms with Crippen LogP contribution in [0.3, 0.4) is 0 Å². The van der Waals surface area contributed by atoms with Crippen molar-refractivity contribution in [1.82, 2.24) is 9.78 Å². The van der Waals surface area contributed by atoms with E-state index in [1.807, 2.05) is 0 Å². The standard InChI is InChI=1S/C15H24ClN3/c1-3-12-14(16)13(19(4-2)18-12)9-15(17)8-10-5-6-11(15)7-10/h10-11H,3-9,17H2,1-2H3. The predicted molar refractivity (Wildman–Crippen MR) is 78.4 cm³/mol. The third kappa shape index (κ3) is 2.11. The van der Waals surface area contributed by atoms with Crippen molar-refractivity contribution in [2.75, 3.05) is 0 Å². The summed E-state index contributed by atoms with van der Waals surface area (Å²) in [7, 11) is 0. The molecule has 3 nitrogen and oxygen atoms in total. The molecule has 1 heterocycles. The van der Waals surface area contributed by atoms with Crippen molar-refractivity contribution in [3.05, 3.63) is 16.4 Å². The van der Waals surface area contributed by atoms with E-state index in [2.05, 4.69) is 23.6 Å². The Morgan fingerprint density at radius 3 is 2.74 bits per heavy atom. The average molecular weight is 282 g/mol. The molecule has 0 aromatic carbocycles. The van der Waals surface area contributed by atoms with Gasteiger partial charge in [0, 0.05) is 18.5 Å². The Kier molecular flexibility index (Phi) is 3.38. The Labute approximate surface area is 120 Å². The quantitative estimate of drug-likeness (QED) is 0.921. The minimum absolute atomic E-state index is 0.0372. The number of rotatable bonds is 4. The summed E-state index contributed by atoms with van der Waals surface area (Å²) in [5.74, 6) is 1.55. The fourth-order valence-corrected chi connectivity index (χ4v) is 4.54. The van der Waals surface area contributed by atoms with Gasteiger partial charge in [-0.05, 0) is 44.4 Å². The molecule has 19 heavy (non-hydrogen) atoms. The highest BCUT2D eigenvalue weighted by Gasteiger charge is 2.49. The van der Waals surface area contributed by atoms with Crippen LogP contribution in [0.4, 0.5) is 0 Å². The van der Waals surface area contributed by atoms with E-state index in [0.29, 0.717) is 5.92 Å². The summed E-state index contributed by atoms with van der Waals surface area (Å²) >= 11 is 6.51. The highest BCUT2D eigenvalue weighted by molar-refractivity contribution is 6.31. The first-order valence-electron chi connectivity index (χ1n) is 7.60. The van der Waals surface area contributed by atoms with Crippen LogP contribution < -0.4 is 5.73 Å². The lowest BCUT2D eigenvalue weighted by Gasteiger charge is -2.34. The van der Waals surface area contributed by atoms with E-state index in [1.165, 1.54) is 25.7 Å². The molecule has 2 aliphatic rings. The van der Waals surface area contributed by atoms with Gasteiger partial charge in [0.1, 0.15) is 0 Å². The van der Waals surface area contributed by atoms with Crippen molar-refractivity contribution < 1.29 is 0 Å². The lowest BCUT2D eigenvalue weighted by atomic mass is 9.78. The number of aryl methyl sites for hydroxylation is 2. The molecule has 3 rings (SSSR count). The van der Waals surface area contributed by atoms with E-state index in [-0.39, 0.29) is 5.54 Å². The normalized spacial score (nSPS) is 33.3. The molecule has 1 aromatic rings. The lowest BCUT2D eigenvalue weighted by molar-refractivity contribution is 0.264. The Balaban J connectivity index is 1.89. The fourth-order valence-electron chi connectivity index (χ4n) is 4.20. The van der Waals surface area contributed by atoms with Gasteiger partial charge in [-0.25, -0.2) is 0 Å². The number of nitrogens with zero attached hydrogens (tertiary/aromatic N) is 2. The first kappa shape index (κ1) is 13.4. The number of hydrogen-bond donors (Lipinski definition) is 1. The van der Waals surface area contributed by atoms with Crippen LogP contribution in [0, 0.1) is 11.8 Å². The molecular weight excluding hydrogens is 258 g/mol. The van der Waals surface area contributed by atoms with Crippen molar-refractivity contribution >= 4 is 11.6 Å². The van der Waals surface area contributed by atoms with Gasteiger partial charge in [0.15, 0.2) is 0 Å². The summed E-state index contributed by atoms with van der Waals surface area (Å²) in [5.41, 5.74) is 8.86. The fraction of sp³-hybridized carbons (Fsp3) is 0.800. The number of fused-ring (bicyclic) bond motifs is 2. The summed E-state index contributed by atoms with van der Waals surface area (Å²) in [4.78, 5) is 0. The number of aromatic nitrogens is 2. The van der Waals surface area contributed by atoms with Gasteiger partial charge < -0.3 is 5.73 Å². The first-order chi connectivity index (χ1) is 9.07. The SMILES string of the molecule is CCc1nn(CC)c(CC2(N)CC3CCC2C3)c1Cl.